The number of phenolic OH excluding ortho intramolecular Hbond substituents is 2. The van der Waals surface area contributed by atoms with Crippen LogP contribution in [0.2, 0.25) is 0 Å². The van der Waals surface area contributed by atoms with E-state index in [1.54, 1.807) is 0 Å². The molecule has 0 aliphatic heterocycles. The number of aliphatic imine (C=N–C) groups is 2. The van der Waals surface area contributed by atoms with E-state index in [1.807, 2.05) is 12.4 Å². The van der Waals surface area contributed by atoms with E-state index in [0.29, 0.717) is 17.4 Å². The van der Waals surface area contributed by atoms with Gasteiger partial charge < -0.3 is 10.2 Å². The van der Waals surface area contributed by atoms with Crippen LogP contribution >= 0.6 is 0 Å². The van der Waals surface area contributed by atoms with E-state index < -0.39 is 0 Å². The zero-order valence-corrected chi connectivity index (χ0v) is 22.3. The number of aryl methyl sites for hydroxylation is 2. The number of hydrogen-bond donors (Lipinski definition) is 2. The summed E-state index contributed by atoms with van der Waals surface area (Å²) in [4.78, 5) is 10.2. The maximum Gasteiger partial charge on any atom is 0.127 e. The molecule has 188 valence electrons. The first-order chi connectivity index (χ1) is 16.7. The zero-order chi connectivity index (χ0) is 25.3. The molecule has 2 bridgehead atoms. The lowest BCUT2D eigenvalue weighted by Crippen LogP contribution is -2.34. The van der Waals surface area contributed by atoms with Crippen LogP contribution in [0, 0.1) is 5.92 Å². The summed E-state index contributed by atoms with van der Waals surface area (Å²) in [6, 6.07) is 8.47. The molecule has 4 rings (SSSR count). The van der Waals surface area contributed by atoms with Crippen molar-refractivity contribution in [2.45, 2.75) is 103 Å². The van der Waals surface area contributed by atoms with Crippen molar-refractivity contribution in [1.82, 2.24) is 0 Å². The van der Waals surface area contributed by atoms with Crippen molar-refractivity contribution >= 4 is 12.4 Å². The predicted molar refractivity (Wildman–Crippen MR) is 147 cm³/mol. The fourth-order valence-electron chi connectivity index (χ4n) is 5.94. The first-order valence-corrected chi connectivity index (χ1v) is 13.5. The third-order valence-electron chi connectivity index (χ3n) is 8.18. The van der Waals surface area contributed by atoms with Crippen molar-refractivity contribution in [3.8, 4) is 11.5 Å². The first-order valence-electron chi connectivity index (χ1n) is 13.5. The van der Waals surface area contributed by atoms with Crippen molar-refractivity contribution in [2.24, 2.45) is 15.9 Å². The lowest BCUT2D eigenvalue weighted by molar-refractivity contribution is 0.367. The Morgan fingerprint density at radius 2 is 1.43 bits per heavy atom. The highest BCUT2D eigenvalue weighted by atomic mass is 16.3. The standard InChI is InChI=1S/C31H42N2O2/c1-7-21-11-24(29(34)26(13-21)19(3)4)17-32-28-15-23-9-10-31(28,16-23)33-18-25-12-22(8-2)14-27(20(5)6)30(25)35/h11-14,17-20,23,28,34-35H,7-10,15-16H2,1-6H3. The number of hydrogen-bond acceptors (Lipinski definition) is 4. The van der Waals surface area contributed by atoms with Gasteiger partial charge in [0.05, 0.1) is 11.6 Å². The number of aromatic hydroxyl groups is 2. The predicted octanol–water partition coefficient (Wildman–Crippen LogP) is 7.32. The summed E-state index contributed by atoms with van der Waals surface area (Å²) in [7, 11) is 0. The summed E-state index contributed by atoms with van der Waals surface area (Å²) >= 11 is 0. The average molecular weight is 475 g/mol. The topological polar surface area (TPSA) is 65.2 Å². The van der Waals surface area contributed by atoms with Crippen LogP contribution in [0.4, 0.5) is 0 Å². The van der Waals surface area contributed by atoms with Gasteiger partial charge in [0.15, 0.2) is 0 Å². The third kappa shape index (κ3) is 5.03. The van der Waals surface area contributed by atoms with Gasteiger partial charge in [0.25, 0.3) is 0 Å². The van der Waals surface area contributed by atoms with Gasteiger partial charge >= 0.3 is 0 Å². The van der Waals surface area contributed by atoms with Crippen LogP contribution in [0.15, 0.2) is 34.3 Å². The summed E-state index contributed by atoms with van der Waals surface area (Å²) in [6.07, 6.45) is 9.96. The van der Waals surface area contributed by atoms with Crippen LogP contribution in [-0.4, -0.2) is 34.2 Å². The lowest BCUT2D eigenvalue weighted by atomic mass is 9.89. The van der Waals surface area contributed by atoms with Crippen molar-refractivity contribution in [3.63, 3.8) is 0 Å². The van der Waals surface area contributed by atoms with E-state index in [9.17, 15) is 10.2 Å². The Labute approximate surface area is 211 Å². The molecular formula is C31H42N2O2. The van der Waals surface area contributed by atoms with Gasteiger partial charge in [-0.05, 0) is 90.7 Å². The van der Waals surface area contributed by atoms with Gasteiger partial charge in [-0.25, -0.2) is 0 Å². The molecule has 2 saturated carbocycles. The molecular weight excluding hydrogens is 432 g/mol. The molecule has 2 aromatic carbocycles. The van der Waals surface area contributed by atoms with Crippen molar-refractivity contribution < 1.29 is 10.2 Å². The molecule has 4 nitrogen and oxygen atoms in total. The molecule has 0 aromatic heterocycles. The second-order valence-electron chi connectivity index (χ2n) is 11.3. The molecule has 0 saturated heterocycles. The van der Waals surface area contributed by atoms with Crippen molar-refractivity contribution in [1.29, 1.82) is 0 Å². The van der Waals surface area contributed by atoms with Gasteiger partial charge in [0.1, 0.15) is 11.5 Å². The summed E-state index contributed by atoms with van der Waals surface area (Å²) in [6.45, 7) is 12.7. The van der Waals surface area contributed by atoms with Gasteiger partial charge in [0, 0.05) is 23.6 Å². The van der Waals surface area contributed by atoms with E-state index in [1.165, 1.54) is 17.5 Å². The molecule has 0 radical (unpaired) electrons. The molecule has 2 fully saturated rings. The van der Waals surface area contributed by atoms with Crippen molar-refractivity contribution in [3.05, 3.63) is 57.6 Å². The fraction of sp³-hybridized carbons (Fsp3) is 0.548. The zero-order valence-electron chi connectivity index (χ0n) is 22.3. The smallest absolute Gasteiger partial charge is 0.127 e. The molecule has 3 unspecified atom stereocenters. The van der Waals surface area contributed by atoms with E-state index in [0.717, 1.165) is 54.4 Å². The third-order valence-corrected chi connectivity index (χ3v) is 8.18. The maximum atomic E-state index is 10.9. The number of benzene rings is 2. The Balaban J connectivity index is 1.65. The van der Waals surface area contributed by atoms with E-state index in [-0.39, 0.29) is 23.4 Å². The number of rotatable bonds is 8. The van der Waals surface area contributed by atoms with Crippen LogP contribution in [0.3, 0.4) is 0 Å². The summed E-state index contributed by atoms with van der Waals surface area (Å²) in [5.74, 6) is 1.87. The van der Waals surface area contributed by atoms with Crippen molar-refractivity contribution in [2.75, 3.05) is 0 Å². The summed E-state index contributed by atoms with van der Waals surface area (Å²) < 4.78 is 0. The molecule has 2 N–H and O–H groups in total. The van der Waals surface area contributed by atoms with E-state index >= 15 is 0 Å². The Hall–Kier alpha value is -2.62. The van der Waals surface area contributed by atoms with Crippen LogP contribution in [0.25, 0.3) is 0 Å². The Morgan fingerprint density at radius 1 is 0.886 bits per heavy atom. The lowest BCUT2D eigenvalue weighted by Gasteiger charge is -2.29. The molecule has 2 aromatic rings. The summed E-state index contributed by atoms with van der Waals surface area (Å²) in [5.41, 5.74) is 5.83. The normalized spacial score (nSPS) is 24.1. The van der Waals surface area contributed by atoms with Crippen LogP contribution in [-0.2, 0) is 12.8 Å². The van der Waals surface area contributed by atoms with Gasteiger partial charge in [-0.1, -0.05) is 53.7 Å². The van der Waals surface area contributed by atoms with Crippen LogP contribution < -0.4 is 0 Å². The number of nitrogens with zero attached hydrogens (tertiary/aromatic N) is 2. The molecule has 2 aliphatic rings. The minimum atomic E-state index is -0.216. The Kier molecular flexibility index (Phi) is 7.40. The average Bonchev–Trinajstić information content (AvgIpc) is 3.40. The molecule has 3 atom stereocenters. The molecule has 0 spiro atoms. The largest absolute Gasteiger partial charge is 0.507 e. The number of phenols is 2. The van der Waals surface area contributed by atoms with Gasteiger partial charge in [-0.15, -0.1) is 0 Å². The second-order valence-corrected chi connectivity index (χ2v) is 11.3. The minimum absolute atomic E-state index is 0.103. The Morgan fingerprint density at radius 3 is 1.91 bits per heavy atom. The van der Waals surface area contributed by atoms with Crippen LogP contribution in [0.5, 0.6) is 11.5 Å². The second kappa shape index (κ2) is 10.2. The highest BCUT2D eigenvalue weighted by Gasteiger charge is 2.52. The molecule has 2 aliphatic carbocycles. The highest BCUT2D eigenvalue weighted by Crippen LogP contribution is 2.51. The quantitative estimate of drug-likeness (QED) is 0.394. The Bertz CT molecular complexity index is 1130. The highest BCUT2D eigenvalue weighted by molar-refractivity contribution is 5.86. The van der Waals surface area contributed by atoms with Gasteiger partial charge in [-0.2, -0.15) is 0 Å². The SMILES string of the molecule is CCc1cc(C=NC2CC3CCC2(N=Cc2cc(CC)cc(C(C)C)c2O)C3)c(O)c(C(C)C)c1. The fourth-order valence-corrected chi connectivity index (χ4v) is 5.94. The minimum Gasteiger partial charge on any atom is -0.507 e. The van der Waals surface area contributed by atoms with Gasteiger partial charge in [-0.3, -0.25) is 9.98 Å². The van der Waals surface area contributed by atoms with E-state index in [4.69, 9.17) is 9.98 Å². The monoisotopic (exact) mass is 474 g/mol. The summed E-state index contributed by atoms with van der Waals surface area (Å²) in [5, 5.41) is 21.8. The van der Waals surface area contributed by atoms with E-state index in [2.05, 4.69) is 65.8 Å². The molecule has 4 heteroatoms. The molecule has 35 heavy (non-hydrogen) atoms. The maximum absolute atomic E-state index is 10.9. The molecule has 0 heterocycles. The number of fused-ring (bicyclic) bond motifs is 2. The first kappa shape index (κ1) is 25.5. The van der Waals surface area contributed by atoms with Gasteiger partial charge in [0.2, 0.25) is 0 Å². The molecule has 0 amide bonds. The van der Waals surface area contributed by atoms with Crippen LogP contribution in [0.1, 0.15) is 112 Å².